The molecule has 0 spiro atoms. The van der Waals surface area contributed by atoms with Crippen LogP contribution in [0.3, 0.4) is 0 Å². The molecule has 0 aromatic heterocycles. The highest BCUT2D eigenvalue weighted by atomic mass is 19.1. The predicted molar refractivity (Wildman–Crippen MR) is 159 cm³/mol. The molecule has 1 aliphatic rings. The number of carbonyl (C=O) groups is 2. The Morgan fingerprint density at radius 2 is 1.95 bits per heavy atom. The van der Waals surface area contributed by atoms with Gasteiger partial charge in [0.05, 0.1) is 29.8 Å². The van der Waals surface area contributed by atoms with Crippen molar-refractivity contribution in [2.45, 2.75) is 46.3 Å². The maximum atomic E-state index is 14.6. The van der Waals surface area contributed by atoms with Gasteiger partial charge in [-0.25, -0.2) is 14.2 Å². The summed E-state index contributed by atoms with van der Waals surface area (Å²) in [6.07, 6.45) is 2.52. The van der Waals surface area contributed by atoms with Gasteiger partial charge in [0.15, 0.2) is 0 Å². The second-order valence-corrected chi connectivity index (χ2v) is 10.5. The number of methoxy groups -OCH3 is 1. The van der Waals surface area contributed by atoms with Crippen LogP contribution in [0.5, 0.6) is 5.75 Å². The number of nitrogens with zero attached hydrogens (tertiary/aromatic N) is 3. The Morgan fingerprint density at radius 3 is 2.58 bits per heavy atom. The number of carbonyl (C=O) groups excluding carboxylic acids is 2. The van der Waals surface area contributed by atoms with E-state index in [1.54, 1.807) is 36.1 Å². The molecule has 1 aliphatic heterocycles. The lowest BCUT2D eigenvalue weighted by atomic mass is 9.94. The van der Waals surface area contributed by atoms with Crippen molar-refractivity contribution in [3.63, 3.8) is 0 Å². The van der Waals surface area contributed by atoms with Gasteiger partial charge in [-0.2, -0.15) is 0 Å². The number of anilines is 2. The second-order valence-electron chi connectivity index (χ2n) is 10.5. The van der Waals surface area contributed by atoms with Gasteiger partial charge in [0, 0.05) is 25.7 Å². The molecule has 1 atom stereocenters. The van der Waals surface area contributed by atoms with Crippen LogP contribution in [0.15, 0.2) is 65.8 Å². The van der Waals surface area contributed by atoms with Gasteiger partial charge in [0.25, 0.3) is 5.91 Å². The molecular formula is C30H36BFN4O4. The van der Waals surface area contributed by atoms with E-state index in [4.69, 9.17) is 17.3 Å². The summed E-state index contributed by atoms with van der Waals surface area (Å²) in [7, 11) is 7.55. The number of ether oxygens (including phenoxy) is 2. The second kappa shape index (κ2) is 12.9. The average Bonchev–Trinajstić information content (AvgIpc) is 2.87. The highest BCUT2D eigenvalue weighted by Gasteiger charge is 2.32. The monoisotopic (exact) mass is 546 g/mol. The van der Waals surface area contributed by atoms with Crippen LogP contribution in [0.4, 0.5) is 20.6 Å². The molecule has 2 aromatic rings. The number of allylic oxidation sites excluding steroid dienone is 2. The molecule has 1 N–H and O–H groups in total. The van der Waals surface area contributed by atoms with Crippen molar-refractivity contribution in [1.82, 2.24) is 4.90 Å². The van der Waals surface area contributed by atoms with Crippen molar-refractivity contribution in [1.29, 1.82) is 0 Å². The van der Waals surface area contributed by atoms with E-state index in [0.717, 1.165) is 0 Å². The molecule has 10 heteroatoms. The molecular weight excluding hydrogens is 510 g/mol. The van der Waals surface area contributed by atoms with Gasteiger partial charge in [0.1, 0.15) is 30.7 Å². The van der Waals surface area contributed by atoms with E-state index in [2.05, 4.69) is 21.8 Å². The van der Waals surface area contributed by atoms with Crippen LogP contribution in [-0.4, -0.2) is 68.8 Å². The molecule has 3 rings (SSSR count). The van der Waals surface area contributed by atoms with Crippen LogP contribution >= 0.6 is 0 Å². The fourth-order valence-corrected chi connectivity index (χ4v) is 4.41. The molecule has 0 unspecified atom stereocenters. The van der Waals surface area contributed by atoms with E-state index in [9.17, 15) is 14.0 Å². The number of halogens is 1. The molecule has 2 amide bonds. The summed E-state index contributed by atoms with van der Waals surface area (Å²) in [6.45, 7) is 14.2. The minimum atomic E-state index is -0.589. The molecule has 2 radical (unpaired) electrons. The first-order valence-corrected chi connectivity index (χ1v) is 13.0. The van der Waals surface area contributed by atoms with Gasteiger partial charge in [0.2, 0.25) is 0 Å². The molecule has 0 bridgehead atoms. The lowest BCUT2D eigenvalue weighted by molar-refractivity contribution is -0.112. The Balaban J connectivity index is 1.85. The van der Waals surface area contributed by atoms with Crippen LogP contribution in [0, 0.1) is 5.82 Å². The third-order valence-electron chi connectivity index (χ3n) is 6.22. The Bertz CT molecular complexity index is 1340. The van der Waals surface area contributed by atoms with E-state index >= 15 is 0 Å². The number of hydrogen-bond donors (Lipinski definition) is 1. The summed E-state index contributed by atoms with van der Waals surface area (Å²) in [5.74, 6) is -0.722. The van der Waals surface area contributed by atoms with Crippen molar-refractivity contribution in [2.75, 3.05) is 37.0 Å². The highest BCUT2D eigenvalue weighted by molar-refractivity contribution is 6.33. The maximum absolute atomic E-state index is 14.6. The summed E-state index contributed by atoms with van der Waals surface area (Å²) < 4.78 is 25.4. The first-order chi connectivity index (χ1) is 18.8. The standard InChI is InChI=1S/C30H36BFN4O4/c1-8-10-24(33-20(3)27-22(32)11-9-12-26(27)39-7)28(37)34-23-14-13-21(31)17-25(23)35-15-16-36(19(2)18-35)29(38)40-30(4,5)6/h8-14,17,19H,1,15-16,18H2,2-7H3,(H,34,37)/b24-10-,33-20?/t19-/m0/s1. The van der Waals surface area contributed by atoms with Crippen LogP contribution in [0.25, 0.3) is 0 Å². The molecule has 0 saturated carbocycles. The first-order valence-electron chi connectivity index (χ1n) is 13.0. The number of rotatable bonds is 7. The van der Waals surface area contributed by atoms with Crippen molar-refractivity contribution in [3.05, 3.63) is 72.2 Å². The van der Waals surface area contributed by atoms with Crippen molar-refractivity contribution in [3.8, 4) is 5.75 Å². The first kappa shape index (κ1) is 30.5. The molecule has 8 nitrogen and oxygen atoms in total. The summed E-state index contributed by atoms with van der Waals surface area (Å²) in [6, 6.07) is 9.50. The molecule has 1 fully saturated rings. The third-order valence-corrected chi connectivity index (χ3v) is 6.22. The summed E-state index contributed by atoms with van der Waals surface area (Å²) >= 11 is 0. The lowest BCUT2D eigenvalue weighted by Crippen LogP contribution is -2.55. The minimum absolute atomic E-state index is 0.0312. The highest BCUT2D eigenvalue weighted by Crippen LogP contribution is 2.29. The molecule has 1 saturated heterocycles. The van der Waals surface area contributed by atoms with Crippen LogP contribution < -0.4 is 20.4 Å². The Morgan fingerprint density at radius 1 is 1.23 bits per heavy atom. The van der Waals surface area contributed by atoms with Crippen molar-refractivity contribution in [2.24, 2.45) is 4.99 Å². The van der Waals surface area contributed by atoms with Gasteiger partial charge < -0.3 is 24.6 Å². The predicted octanol–water partition coefficient (Wildman–Crippen LogP) is 4.59. The van der Waals surface area contributed by atoms with Crippen molar-refractivity contribution < 1.29 is 23.5 Å². The summed E-state index contributed by atoms with van der Waals surface area (Å²) in [5, 5.41) is 2.91. The molecule has 1 heterocycles. The largest absolute Gasteiger partial charge is 0.496 e. The zero-order chi connectivity index (χ0) is 29.6. The van der Waals surface area contributed by atoms with E-state index < -0.39 is 17.3 Å². The number of piperazine rings is 1. The molecule has 0 aliphatic carbocycles. The zero-order valence-electron chi connectivity index (χ0n) is 24.0. The molecule has 210 valence electrons. The van der Waals surface area contributed by atoms with Crippen LogP contribution in [-0.2, 0) is 9.53 Å². The fraction of sp³-hybridized carbons (Fsp3) is 0.367. The third kappa shape index (κ3) is 7.52. The van der Waals surface area contributed by atoms with Crippen molar-refractivity contribution >= 4 is 42.4 Å². The van der Waals surface area contributed by atoms with Gasteiger partial charge in [-0.1, -0.05) is 30.3 Å². The number of hydrogen-bond acceptors (Lipinski definition) is 6. The Labute approximate surface area is 237 Å². The fourth-order valence-electron chi connectivity index (χ4n) is 4.41. The minimum Gasteiger partial charge on any atom is -0.496 e. The van der Waals surface area contributed by atoms with E-state index in [0.29, 0.717) is 42.2 Å². The lowest BCUT2D eigenvalue weighted by Gasteiger charge is -2.41. The summed E-state index contributed by atoms with van der Waals surface area (Å²) in [4.78, 5) is 34.2. The van der Waals surface area contributed by atoms with Gasteiger partial charge in [-0.3, -0.25) is 4.79 Å². The number of aliphatic imine (C=N–C) groups is 1. The number of nitrogens with one attached hydrogen (secondary N) is 1. The average molecular weight is 546 g/mol. The van der Waals surface area contributed by atoms with E-state index in [1.165, 1.54) is 31.4 Å². The Hall–Kier alpha value is -4.08. The molecule has 40 heavy (non-hydrogen) atoms. The quantitative estimate of drug-likeness (QED) is 0.238. The van der Waals surface area contributed by atoms with Gasteiger partial charge >= 0.3 is 6.09 Å². The molecule has 2 aromatic carbocycles. The summed E-state index contributed by atoms with van der Waals surface area (Å²) in [5.41, 5.74) is 1.62. The van der Waals surface area contributed by atoms with E-state index in [-0.39, 0.29) is 29.1 Å². The SMILES string of the molecule is [B]c1ccc(NC(=O)/C(=C/C=C)N=C(C)c2c(F)cccc2OC)c(N2CCN(C(=O)OC(C)(C)C)[C@@H](C)C2)c1. The van der Waals surface area contributed by atoms with Gasteiger partial charge in [-0.05, 0) is 65.0 Å². The maximum Gasteiger partial charge on any atom is 0.410 e. The number of amides is 2. The topological polar surface area (TPSA) is 83.5 Å². The smallest absolute Gasteiger partial charge is 0.410 e. The van der Waals surface area contributed by atoms with Gasteiger partial charge in [-0.15, -0.1) is 0 Å². The van der Waals surface area contributed by atoms with Crippen LogP contribution in [0.2, 0.25) is 0 Å². The van der Waals surface area contributed by atoms with Crippen LogP contribution in [0.1, 0.15) is 40.2 Å². The normalized spacial score (nSPS) is 16.4. The van der Waals surface area contributed by atoms with E-state index in [1.807, 2.05) is 27.7 Å². The zero-order valence-corrected chi connectivity index (χ0v) is 24.0. The number of benzene rings is 2. The Kier molecular flexibility index (Phi) is 9.79.